The summed E-state index contributed by atoms with van der Waals surface area (Å²) in [5.41, 5.74) is 15.9. The molecule has 0 radical (unpaired) electrons. The van der Waals surface area contributed by atoms with Crippen molar-refractivity contribution in [2.24, 2.45) is 0 Å². The summed E-state index contributed by atoms with van der Waals surface area (Å²) in [5.74, 6) is 0. The van der Waals surface area contributed by atoms with E-state index in [1.165, 1.54) is 61.2 Å². The molecule has 0 N–H and O–H groups in total. The van der Waals surface area contributed by atoms with Gasteiger partial charge in [-0.25, -0.2) is 0 Å². The number of fused-ring (bicyclic) bond motifs is 6. The molecule has 0 aliphatic heterocycles. The van der Waals surface area contributed by atoms with Crippen molar-refractivity contribution in [3.8, 4) is 0 Å². The maximum atomic E-state index is 4.76. The molecule has 260 valence electrons. The largest absolute Gasteiger partial charge is 0.332 e. The molecule has 1 unspecified atom stereocenters. The Morgan fingerprint density at radius 2 is 1.46 bits per heavy atom. The summed E-state index contributed by atoms with van der Waals surface area (Å²) < 4.78 is 4.83. The predicted molar refractivity (Wildman–Crippen MR) is 221 cm³/mol. The second-order valence-corrected chi connectivity index (χ2v) is 15.6. The van der Waals surface area contributed by atoms with Gasteiger partial charge in [-0.1, -0.05) is 112 Å². The van der Waals surface area contributed by atoms with E-state index in [1.54, 1.807) is 0 Å². The topological polar surface area (TPSA) is 35.6 Å². The van der Waals surface area contributed by atoms with E-state index in [2.05, 4.69) is 167 Å². The lowest BCUT2D eigenvalue weighted by molar-refractivity contribution is 0.583. The SMILES string of the molecule is CC1=CC(n2c3ccccc3c3ncccc32)CC=C1C(C)(C)c1ccc(C(C)(C)/C(C)=C/C=C(\C)n2c3c(c4ncccc42)CC=CC=C3)cc1. The summed E-state index contributed by atoms with van der Waals surface area (Å²) in [6, 6.07) is 26.7. The van der Waals surface area contributed by atoms with Crippen LogP contribution in [0.2, 0.25) is 0 Å². The third-order valence-electron chi connectivity index (χ3n) is 11.8. The minimum absolute atomic E-state index is 0.127. The summed E-state index contributed by atoms with van der Waals surface area (Å²) in [6.07, 6.45) is 23.8. The van der Waals surface area contributed by atoms with Gasteiger partial charge < -0.3 is 9.13 Å². The molecular weight excluding hydrogens is 633 g/mol. The van der Waals surface area contributed by atoms with Gasteiger partial charge in [-0.2, -0.15) is 0 Å². The number of aromatic nitrogens is 4. The number of hydrogen-bond acceptors (Lipinski definition) is 2. The molecule has 0 fully saturated rings. The first kappa shape index (κ1) is 33.7. The highest BCUT2D eigenvalue weighted by Gasteiger charge is 2.31. The number of rotatable bonds is 7. The molecule has 0 saturated heterocycles. The Morgan fingerprint density at radius 1 is 0.769 bits per heavy atom. The summed E-state index contributed by atoms with van der Waals surface area (Å²) in [7, 11) is 0. The predicted octanol–water partition coefficient (Wildman–Crippen LogP) is 12.2. The van der Waals surface area contributed by atoms with E-state index in [9.17, 15) is 0 Å². The first-order chi connectivity index (χ1) is 25.1. The Bertz CT molecular complexity index is 2480. The van der Waals surface area contributed by atoms with Crippen LogP contribution in [0, 0.1) is 0 Å². The minimum Gasteiger partial charge on any atom is -0.332 e. The molecule has 2 aliphatic carbocycles. The molecule has 2 aliphatic rings. The highest BCUT2D eigenvalue weighted by Crippen LogP contribution is 2.43. The number of para-hydroxylation sites is 1. The van der Waals surface area contributed by atoms with Crippen LogP contribution in [0.1, 0.15) is 83.3 Å². The normalized spacial score (nSPS) is 17.1. The molecule has 6 aromatic rings. The van der Waals surface area contributed by atoms with Crippen molar-refractivity contribution in [3.63, 3.8) is 0 Å². The molecule has 4 heteroatoms. The van der Waals surface area contributed by atoms with Crippen molar-refractivity contribution in [2.45, 2.75) is 78.2 Å². The van der Waals surface area contributed by atoms with Gasteiger partial charge in [0, 0.05) is 39.9 Å². The van der Waals surface area contributed by atoms with Crippen molar-refractivity contribution in [3.05, 3.63) is 167 Å². The van der Waals surface area contributed by atoms with Crippen LogP contribution in [0.3, 0.4) is 0 Å². The molecule has 2 aromatic carbocycles. The molecule has 0 bridgehead atoms. The molecule has 0 saturated carbocycles. The Morgan fingerprint density at radius 3 is 2.23 bits per heavy atom. The van der Waals surface area contributed by atoms with Gasteiger partial charge in [0.05, 0.1) is 39.3 Å². The molecule has 52 heavy (non-hydrogen) atoms. The van der Waals surface area contributed by atoms with Crippen LogP contribution in [-0.2, 0) is 17.3 Å². The quantitative estimate of drug-likeness (QED) is 0.157. The van der Waals surface area contributed by atoms with E-state index < -0.39 is 0 Å². The summed E-state index contributed by atoms with van der Waals surface area (Å²) >= 11 is 0. The highest BCUT2D eigenvalue weighted by molar-refractivity contribution is 6.05. The zero-order chi connectivity index (χ0) is 36.2. The van der Waals surface area contributed by atoms with E-state index in [4.69, 9.17) is 9.97 Å². The minimum atomic E-state index is -0.134. The standard InChI is InChI=1S/C48H48N4/c1-32-31-37(52-42-18-12-11-16-39(42)46-44(52)20-14-30-50-46)27-28-40(32)48(6,7)36-25-23-35(24-26-36)47(4,5)33(2)21-22-34(3)51-41-17-10-8-9-15-38(41)45-43(51)19-13-29-49-45/h8-14,16-26,28-31,37H,15,27H2,1-7H3/b33-21+,34-22+. The zero-order valence-corrected chi connectivity index (χ0v) is 31.5. The van der Waals surface area contributed by atoms with E-state index in [0.717, 1.165) is 29.4 Å². The van der Waals surface area contributed by atoms with Crippen LogP contribution in [0.15, 0.2) is 144 Å². The van der Waals surface area contributed by atoms with Crippen molar-refractivity contribution in [1.29, 1.82) is 0 Å². The number of nitrogens with zero attached hydrogens (tertiary/aromatic N) is 4. The molecule has 1 atom stereocenters. The van der Waals surface area contributed by atoms with E-state index in [-0.39, 0.29) is 16.9 Å². The molecule has 4 nitrogen and oxygen atoms in total. The fourth-order valence-electron chi connectivity index (χ4n) is 8.52. The summed E-state index contributed by atoms with van der Waals surface area (Å²) in [5, 5.41) is 1.22. The molecule has 8 rings (SSSR count). The van der Waals surface area contributed by atoms with Gasteiger partial charge in [-0.3, -0.25) is 9.97 Å². The number of hydrogen-bond donors (Lipinski definition) is 0. The fraction of sp³-hybridized carbons (Fsp3) is 0.250. The van der Waals surface area contributed by atoms with Gasteiger partial charge in [-0.05, 0) is 98.4 Å². The van der Waals surface area contributed by atoms with E-state index in [1.807, 2.05) is 24.5 Å². The first-order valence-corrected chi connectivity index (χ1v) is 18.6. The second-order valence-electron chi connectivity index (χ2n) is 15.6. The number of benzene rings is 2. The third-order valence-corrected chi connectivity index (χ3v) is 11.8. The zero-order valence-electron chi connectivity index (χ0n) is 31.5. The maximum absolute atomic E-state index is 4.76. The lowest BCUT2D eigenvalue weighted by Gasteiger charge is -2.34. The van der Waals surface area contributed by atoms with Crippen molar-refractivity contribution < 1.29 is 0 Å². The smallest absolute Gasteiger partial charge is 0.0959 e. The van der Waals surface area contributed by atoms with Crippen molar-refractivity contribution in [1.82, 2.24) is 19.1 Å². The Labute approximate surface area is 307 Å². The van der Waals surface area contributed by atoms with Gasteiger partial charge in [0.15, 0.2) is 0 Å². The number of allylic oxidation sites excluding steroid dienone is 11. The van der Waals surface area contributed by atoms with Crippen LogP contribution in [0.5, 0.6) is 0 Å². The van der Waals surface area contributed by atoms with Crippen LogP contribution >= 0.6 is 0 Å². The Hall–Kier alpha value is -5.48. The van der Waals surface area contributed by atoms with E-state index >= 15 is 0 Å². The third kappa shape index (κ3) is 5.53. The monoisotopic (exact) mass is 680 g/mol. The van der Waals surface area contributed by atoms with Gasteiger partial charge in [0.25, 0.3) is 0 Å². The van der Waals surface area contributed by atoms with Crippen LogP contribution in [0.4, 0.5) is 0 Å². The molecule has 0 spiro atoms. The van der Waals surface area contributed by atoms with Crippen LogP contribution < -0.4 is 0 Å². The van der Waals surface area contributed by atoms with Gasteiger partial charge in [0.2, 0.25) is 0 Å². The highest BCUT2D eigenvalue weighted by atomic mass is 15.0. The summed E-state index contributed by atoms with van der Waals surface area (Å²) in [4.78, 5) is 9.52. The summed E-state index contributed by atoms with van der Waals surface area (Å²) in [6.45, 7) is 16.1. The average molecular weight is 681 g/mol. The average Bonchev–Trinajstić information content (AvgIpc) is 3.54. The van der Waals surface area contributed by atoms with Gasteiger partial charge in [-0.15, -0.1) is 0 Å². The van der Waals surface area contributed by atoms with Gasteiger partial charge in [0.1, 0.15) is 0 Å². The van der Waals surface area contributed by atoms with Crippen molar-refractivity contribution in [2.75, 3.05) is 0 Å². The van der Waals surface area contributed by atoms with Gasteiger partial charge >= 0.3 is 0 Å². The Balaban J connectivity index is 1.04. The molecule has 4 aromatic heterocycles. The Kier molecular flexibility index (Phi) is 8.37. The van der Waals surface area contributed by atoms with E-state index in [0.29, 0.717) is 0 Å². The fourth-order valence-corrected chi connectivity index (χ4v) is 8.52. The maximum Gasteiger partial charge on any atom is 0.0959 e. The molecule has 4 heterocycles. The molecular formula is C48H48N4. The lowest BCUT2D eigenvalue weighted by atomic mass is 9.71. The van der Waals surface area contributed by atoms with Crippen LogP contribution in [-0.4, -0.2) is 19.1 Å². The number of pyridine rings is 2. The molecule has 0 amide bonds. The van der Waals surface area contributed by atoms with Crippen LogP contribution in [0.25, 0.3) is 44.7 Å². The second kappa shape index (κ2) is 12.9. The van der Waals surface area contributed by atoms with Crippen molar-refractivity contribution >= 4 is 44.7 Å². The lowest BCUT2D eigenvalue weighted by Crippen LogP contribution is -2.25. The first-order valence-electron chi connectivity index (χ1n) is 18.6.